The molecule has 0 unspecified atom stereocenters. The van der Waals surface area contributed by atoms with E-state index < -0.39 is 0 Å². The van der Waals surface area contributed by atoms with E-state index >= 15 is 0 Å². The van der Waals surface area contributed by atoms with E-state index in [0.29, 0.717) is 31.5 Å². The maximum Gasteiger partial charge on any atom is 0.264 e. The molecule has 0 saturated heterocycles. The summed E-state index contributed by atoms with van der Waals surface area (Å²) in [5.74, 6) is 0.228. The molecule has 0 aliphatic rings. The molecule has 1 aromatic heterocycles. The summed E-state index contributed by atoms with van der Waals surface area (Å²) in [5.41, 5.74) is 0.568. The van der Waals surface area contributed by atoms with Crippen LogP contribution in [0.25, 0.3) is 10.2 Å². The van der Waals surface area contributed by atoms with Gasteiger partial charge in [0.25, 0.3) is 5.91 Å². The second-order valence-electron chi connectivity index (χ2n) is 4.52. The highest BCUT2D eigenvalue weighted by atomic mass is 35.5. The number of hydrogen-bond acceptors (Lipinski definition) is 4. The van der Waals surface area contributed by atoms with E-state index in [0.717, 1.165) is 4.70 Å². The van der Waals surface area contributed by atoms with Crippen molar-refractivity contribution in [2.45, 2.75) is 0 Å². The van der Waals surface area contributed by atoms with Gasteiger partial charge in [-0.25, -0.2) is 4.98 Å². The second kappa shape index (κ2) is 6.93. The lowest BCUT2D eigenvalue weighted by molar-refractivity contribution is -0.118. The molecule has 1 heterocycles. The molecule has 0 atom stereocenters. The molecule has 0 bridgehead atoms. The average Bonchev–Trinajstić information content (AvgIpc) is 2.95. The number of rotatable bonds is 4. The van der Waals surface area contributed by atoms with Crippen LogP contribution in [0.3, 0.4) is 0 Å². The third-order valence-electron chi connectivity index (χ3n) is 2.88. The second-order valence-corrected chi connectivity index (χ2v) is 6.77. The zero-order valence-corrected chi connectivity index (χ0v) is 14.6. The van der Waals surface area contributed by atoms with E-state index in [-0.39, 0.29) is 12.5 Å². The van der Waals surface area contributed by atoms with Crippen molar-refractivity contribution in [1.29, 1.82) is 0 Å². The van der Waals surface area contributed by atoms with Crippen molar-refractivity contribution < 1.29 is 9.53 Å². The highest BCUT2D eigenvalue weighted by molar-refractivity contribution is 7.23. The van der Waals surface area contributed by atoms with Crippen molar-refractivity contribution in [2.24, 2.45) is 0 Å². The van der Waals surface area contributed by atoms with Gasteiger partial charge < -0.3 is 4.74 Å². The van der Waals surface area contributed by atoms with E-state index in [1.54, 1.807) is 36.4 Å². The van der Waals surface area contributed by atoms with Crippen LogP contribution in [0.5, 0.6) is 5.75 Å². The fourth-order valence-electron chi connectivity index (χ4n) is 1.83. The molecule has 0 aliphatic heterocycles. The Hall–Kier alpha value is -1.53. The number of carbonyl (C=O) groups excluding carboxylic acids is 1. The molecule has 3 rings (SSSR count). The number of nitrogens with one attached hydrogen (secondary N) is 1. The molecule has 0 radical (unpaired) electrons. The number of amides is 1. The largest absolute Gasteiger partial charge is 0.484 e. The molecule has 1 N–H and O–H groups in total. The zero-order chi connectivity index (χ0) is 16.4. The highest BCUT2D eigenvalue weighted by Gasteiger charge is 2.13. The average molecular weight is 388 g/mol. The van der Waals surface area contributed by atoms with Gasteiger partial charge in [-0.2, -0.15) is 0 Å². The van der Waals surface area contributed by atoms with Gasteiger partial charge in [-0.05, 0) is 36.4 Å². The van der Waals surface area contributed by atoms with Crippen molar-refractivity contribution >= 4 is 67.4 Å². The number of carbonyl (C=O) groups is 1. The number of anilines is 1. The Labute approximate surface area is 150 Å². The first-order chi connectivity index (χ1) is 11.0. The van der Waals surface area contributed by atoms with Gasteiger partial charge in [0.05, 0.1) is 14.7 Å². The third-order valence-corrected chi connectivity index (χ3v) is 4.86. The first-order valence-corrected chi connectivity index (χ1v) is 8.41. The van der Waals surface area contributed by atoms with Crippen LogP contribution in [-0.4, -0.2) is 17.5 Å². The Morgan fingerprint density at radius 3 is 2.48 bits per heavy atom. The van der Waals surface area contributed by atoms with Crippen LogP contribution in [0, 0.1) is 0 Å². The Balaban J connectivity index is 1.67. The number of hydrogen-bond donors (Lipinski definition) is 1. The molecule has 0 saturated carbocycles. The predicted octanol–water partition coefficient (Wildman–Crippen LogP) is 5.27. The predicted molar refractivity (Wildman–Crippen MR) is 95.2 cm³/mol. The zero-order valence-electron chi connectivity index (χ0n) is 11.5. The van der Waals surface area contributed by atoms with Crippen molar-refractivity contribution in [1.82, 2.24) is 4.98 Å². The van der Waals surface area contributed by atoms with Crippen LogP contribution in [0.1, 0.15) is 0 Å². The number of benzene rings is 2. The lowest BCUT2D eigenvalue weighted by atomic mass is 10.3. The van der Waals surface area contributed by atoms with Gasteiger partial charge in [-0.15, -0.1) is 0 Å². The van der Waals surface area contributed by atoms with Crippen LogP contribution in [0.15, 0.2) is 36.4 Å². The molecule has 1 amide bonds. The summed E-state index contributed by atoms with van der Waals surface area (Å²) in [6, 6.07) is 10.1. The Kier molecular flexibility index (Phi) is 4.92. The quantitative estimate of drug-likeness (QED) is 0.663. The maximum atomic E-state index is 11.9. The van der Waals surface area contributed by atoms with Gasteiger partial charge in [0.15, 0.2) is 11.7 Å². The van der Waals surface area contributed by atoms with Crippen molar-refractivity contribution in [2.75, 3.05) is 11.9 Å². The first kappa shape index (κ1) is 16.3. The lowest BCUT2D eigenvalue weighted by Crippen LogP contribution is -2.19. The summed E-state index contributed by atoms with van der Waals surface area (Å²) in [6.07, 6.45) is 0. The molecule has 4 nitrogen and oxygen atoms in total. The SMILES string of the molecule is O=C(COc1ccc(Cl)cc1)Nc1nc2c(Cl)ccc(Cl)c2s1. The summed E-state index contributed by atoms with van der Waals surface area (Å²) in [4.78, 5) is 16.2. The van der Waals surface area contributed by atoms with E-state index in [2.05, 4.69) is 10.3 Å². The molecule has 0 spiro atoms. The first-order valence-electron chi connectivity index (χ1n) is 6.45. The van der Waals surface area contributed by atoms with E-state index in [1.165, 1.54) is 11.3 Å². The van der Waals surface area contributed by atoms with Crippen LogP contribution in [-0.2, 0) is 4.79 Å². The maximum absolute atomic E-state index is 11.9. The van der Waals surface area contributed by atoms with E-state index in [9.17, 15) is 4.79 Å². The minimum absolute atomic E-state index is 0.140. The summed E-state index contributed by atoms with van der Waals surface area (Å²) >= 11 is 19.2. The molecule has 23 heavy (non-hydrogen) atoms. The number of aromatic nitrogens is 1. The van der Waals surface area contributed by atoms with Gasteiger partial charge in [0.1, 0.15) is 11.3 Å². The molecule has 0 aliphatic carbocycles. The summed E-state index contributed by atoms with van der Waals surface area (Å²) in [5, 5.41) is 4.71. The number of fused-ring (bicyclic) bond motifs is 1. The Bertz CT molecular complexity index is 826. The minimum atomic E-state index is -0.328. The van der Waals surface area contributed by atoms with E-state index in [1.807, 2.05) is 0 Å². The van der Waals surface area contributed by atoms with Crippen LogP contribution in [0.2, 0.25) is 15.1 Å². The standard InChI is InChI=1S/C15H9Cl3N2O2S/c16-8-1-3-9(4-2-8)22-7-12(21)19-15-20-13-10(17)5-6-11(18)14(13)23-15/h1-6H,7H2,(H,19,20,21). The number of thiazole rings is 1. The molecular formula is C15H9Cl3N2O2S. The number of halogens is 3. The van der Waals surface area contributed by atoms with Crippen LogP contribution < -0.4 is 10.1 Å². The smallest absolute Gasteiger partial charge is 0.264 e. The van der Waals surface area contributed by atoms with Crippen molar-refractivity contribution in [3.63, 3.8) is 0 Å². The topological polar surface area (TPSA) is 51.2 Å². The molecule has 3 aromatic rings. The van der Waals surface area contributed by atoms with Gasteiger partial charge in [0, 0.05) is 5.02 Å². The van der Waals surface area contributed by atoms with Crippen LogP contribution >= 0.6 is 46.1 Å². The molecule has 118 valence electrons. The fraction of sp³-hybridized carbons (Fsp3) is 0.0667. The Morgan fingerprint density at radius 2 is 1.78 bits per heavy atom. The van der Waals surface area contributed by atoms with Crippen LogP contribution in [0.4, 0.5) is 5.13 Å². The van der Waals surface area contributed by atoms with Gasteiger partial charge in [0.2, 0.25) is 0 Å². The summed E-state index contributed by atoms with van der Waals surface area (Å²) < 4.78 is 6.10. The Morgan fingerprint density at radius 1 is 1.09 bits per heavy atom. The van der Waals surface area contributed by atoms with Crippen molar-refractivity contribution in [3.8, 4) is 5.75 Å². The molecule has 8 heteroatoms. The van der Waals surface area contributed by atoms with Gasteiger partial charge in [-0.3, -0.25) is 10.1 Å². The molecular weight excluding hydrogens is 379 g/mol. The summed E-state index contributed by atoms with van der Waals surface area (Å²) in [7, 11) is 0. The number of ether oxygens (including phenoxy) is 1. The number of nitrogens with zero attached hydrogens (tertiary/aromatic N) is 1. The van der Waals surface area contributed by atoms with Crippen molar-refractivity contribution in [3.05, 3.63) is 51.5 Å². The fourth-order valence-corrected chi connectivity index (χ4v) is 3.40. The van der Waals surface area contributed by atoms with Gasteiger partial charge >= 0.3 is 0 Å². The summed E-state index contributed by atoms with van der Waals surface area (Å²) in [6.45, 7) is -0.140. The molecule has 2 aromatic carbocycles. The third kappa shape index (κ3) is 3.87. The van der Waals surface area contributed by atoms with E-state index in [4.69, 9.17) is 39.5 Å². The highest BCUT2D eigenvalue weighted by Crippen LogP contribution is 2.35. The lowest BCUT2D eigenvalue weighted by Gasteiger charge is -2.05. The molecule has 0 fully saturated rings. The normalized spacial score (nSPS) is 10.7. The van der Waals surface area contributed by atoms with Gasteiger partial charge in [-0.1, -0.05) is 46.1 Å². The monoisotopic (exact) mass is 386 g/mol. The minimum Gasteiger partial charge on any atom is -0.484 e.